The van der Waals surface area contributed by atoms with Gasteiger partial charge in [0.05, 0.1) is 22.3 Å². The number of aromatic amines is 1. The molecule has 0 radical (unpaired) electrons. The highest BCUT2D eigenvalue weighted by molar-refractivity contribution is 6.06. The van der Waals surface area contributed by atoms with Gasteiger partial charge in [-0.05, 0) is 24.3 Å². The Labute approximate surface area is 144 Å². The number of carbonyl (C=O) groups excluding carboxylic acids is 1. The minimum absolute atomic E-state index is 0.192. The number of para-hydroxylation sites is 2. The molecule has 0 aliphatic carbocycles. The monoisotopic (exact) mass is 357 g/mol. The number of hydrogen-bond donors (Lipinski definition) is 2. The quantitative estimate of drug-likeness (QED) is 0.734. The fraction of sp³-hybridized carbons (Fsp3) is 0.0556. The van der Waals surface area contributed by atoms with Crippen molar-refractivity contribution in [1.82, 2.24) is 4.98 Å². The van der Waals surface area contributed by atoms with E-state index in [0.29, 0.717) is 0 Å². The van der Waals surface area contributed by atoms with Crippen molar-refractivity contribution in [3.05, 3.63) is 75.6 Å². The largest absolute Gasteiger partial charge is 0.418 e. The van der Waals surface area contributed by atoms with Gasteiger partial charge in [-0.3, -0.25) is 9.59 Å². The third kappa shape index (κ3) is 3.02. The van der Waals surface area contributed by atoms with Crippen LogP contribution in [-0.4, -0.2) is 10.9 Å². The standard InChI is InChI=1S/C18H10F3N3O2/c19-18(20,21)13-6-3-5-11-15(13)23-9-12(16(11)25)17(26)24-14-7-2-1-4-10(14)8-22/h1-7,9H,(H,23,25)(H,24,26). The van der Waals surface area contributed by atoms with Gasteiger partial charge < -0.3 is 10.3 Å². The third-order valence-electron chi connectivity index (χ3n) is 3.76. The van der Waals surface area contributed by atoms with E-state index in [2.05, 4.69) is 10.3 Å². The SMILES string of the molecule is N#Cc1ccccc1NC(=O)c1c[nH]c2c(C(F)(F)F)cccc2c1=O. The first-order valence-electron chi connectivity index (χ1n) is 7.35. The summed E-state index contributed by atoms with van der Waals surface area (Å²) in [6.45, 7) is 0. The lowest BCUT2D eigenvalue weighted by Gasteiger charge is -2.11. The van der Waals surface area contributed by atoms with Crippen molar-refractivity contribution in [2.75, 3.05) is 5.32 Å². The lowest BCUT2D eigenvalue weighted by Crippen LogP contribution is -2.23. The third-order valence-corrected chi connectivity index (χ3v) is 3.76. The average Bonchev–Trinajstić information content (AvgIpc) is 2.61. The van der Waals surface area contributed by atoms with Crippen LogP contribution in [-0.2, 0) is 6.18 Å². The second-order valence-corrected chi connectivity index (χ2v) is 5.37. The topological polar surface area (TPSA) is 85.8 Å². The van der Waals surface area contributed by atoms with Crippen molar-refractivity contribution in [3.63, 3.8) is 0 Å². The molecular weight excluding hydrogens is 347 g/mol. The maximum Gasteiger partial charge on any atom is 0.418 e. The number of aromatic nitrogens is 1. The van der Waals surface area contributed by atoms with E-state index in [1.165, 1.54) is 18.2 Å². The van der Waals surface area contributed by atoms with Gasteiger partial charge in [0.2, 0.25) is 5.43 Å². The van der Waals surface area contributed by atoms with E-state index < -0.39 is 23.1 Å². The number of fused-ring (bicyclic) bond motifs is 1. The minimum Gasteiger partial charge on any atom is -0.360 e. The Bertz CT molecular complexity index is 1110. The van der Waals surface area contributed by atoms with E-state index in [9.17, 15) is 22.8 Å². The highest BCUT2D eigenvalue weighted by Crippen LogP contribution is 2.33. The predicted molar refractivity (Wildman–Crippen MR) is 88.7 cm³/mol. The molecule has 26 heavy (non-hydrogen) atoms. The molecule has 0 saturated carbocycles. The van der Waals surface area contributed by atoms with Crippen LogP contribution in [0.4, 0.5) is 18.9 Å². The van der Waals surface area contributed by atoms with E-state index in [0.717, 1.165) is 18.3 Å². The molecule has 1 heterocycles. The van der Waals surface area contributed by atoms with E-state index >= 15 is 0 Å². The number of nitrogens with one attached hydrogen (secondary N) is 2. The van der Waals surface area contributed by atoms with Crippen molar-refractivity contribution in [2.24, 2.45) is 0 Å². The maximum absolute atomic E-state index is 13.0. The molecule has 130 valence electrons. The Morgan fingerprint density at radius 1 is 1.12 bits per heavy atom. The van der Waals surface area contributed by atoms with Gasteiger partial charge in [0.15, 0.2) is 0 Å². The summed E-state index contributed by atoms with van der Waals surface area (Å²) in [5, 5.41) is 11.2. The summed E-state index contributed by atoms with van der Waals surface area (Å²) in [5.41, 5.74) is -2.19. The second kappa shape index (κ2) is 6.37. The van der Waals surface area contributed by atoms with Crippen molar-refractivity contribution < 1.29 is 18.0 Å². The molecule has 0 spiro atoms. The van der Waals surface area contributed by atoms with Gasteiger partial charge in [-0.1, -0.05) is 18.2 Å². The van der Waals surface area contributed by atoms with E-state index in [1.54, 1.807) is 12.1 Å². The second-order valence-electron chi connectivity index (χ2n) is 5.37. The number of alkyl halides is 3. The van der Waals surface area contributed by atoms with Crippen molar-refractivity contribution >= 4 is 22.5 Å². The van der Waals surface area contributed by atoms with Gasteiger partial charge in [0.25, 0.3) is 5.91 Å². The molecule has 3 rings (SSSR count). The molecule has 0 unspecified atom stereocenters. The summed E-state index contributed by atoms with van der Waals surface area (Å²) < 4.78 is 39.1. The predicted octanol–water partition coefficient (Wildman–Crippen LogP) is 3.67. The van der Waals surface area contributed by atoms with Gasteiger partial charge in [-0.25, -0.2) is 0 Å². The Hall–Kier alpha value is -3.60. The van der Waals surface area contributed by atoms with Crippen molar-refractivity contribution in [3.8, 4) is 6.07 Å². The first-order chi connectivity index (χ1) is 12.3. The summed E-state index contributed by atoms with van der Waals surface area (Å²) in [6, 6.07) is 11.2. The van der Waals surface area contributed by atoms with Crippen molar-refractivity contribution in [1.29, 1.82) is 5.26 Å². The molecule has 8 heteroatoms. The number of nitrogens with zero attached hydrogens (tertiary/aromatic N) is 1. The average molecular weight is 357 g/mol. The molecule has 2 N–H and O–H groups in total. The summed E-state index contributed by atoms with van der Waals surface area (Å²) in [7, 11) is 0. The highest BCUT2D eigenvalue weighted by Gasteiger charge is 2.33. The number of rotatable bonds is 2. The van der Waals surface area contributed by atoms with Gasteiger partial charge >= 0.3 is 6.18 Å². The molecule has 0 bridgehead atoms. The molecule has 0 aliphatic heterocycles. The van der Waals surface area contributed by atoms with Crippen LogP contribution in [0.2, 0.25) is 0 Å². The van der Waals surface area contributed by atoms with Crippen LogP contribution in [0.3, 0.4) is 0 Å². The number of pyridine rings is 1. The van der Waals surface area contributed by atoms with Gasteiger partial charge in [0, 0.05) is 11.6 Å². The number of H-pyrrole nitrogens is 1. The smallest absolute Gasteiger partial charge is 0.360 e. The number of anilines is 1. The van der Waals surface area contributed by atoms with Crippen LogP contribution < -0.4 is 10.7 Å². The zero-order valence-corrected chi connectivity index (χ0v) is 13.0. The lowest BCUT2D eigenvalue weighted by molar-refractivity contribution is -0.136. The Kier molecular flexibility index (Phi) is 4.22. The first-order valence-corrected chi connectivity index (χ1v) is 7.35. The van der Waals surface area contributed by atoms with Crippen LogP contribution in [0.5, 0.6) is 0 Å². The Morgan fingerprint density at radius 2 is 1.85 bits per heavy atom. The van der Waals surface area contributed by atoms with Crippen LogP contribution in [0.15, 0.2) is 53.5 Å². The summed E-state index contributed by atoms with van der Waals surface area (Å²) >= 11 is 0. The molecule has 0 aliphatic rings. The van der Waals surface area contributed by atoms with E-state index in [4.69, 9.17) is 5.26 Å². The maximum atomic E-state index is 13.0. The first kappa shape index (κ1) is 17.2. The van der Waals surface area contributed by atoms with Gasteiger partial charge in [-0.2, -0.15) is 18.4 Å². The Morgan fingerprint density at radius 3 is 2.54 bits per heavy atom. The Balaban J connectivity index is 2.07. The van der Waals surface area contributed by atoms with Gasteiger partial charge in [-0.15, -0.1) is 0 Å². The zero-order valence-electron chi connectivity index (χ0n) is 13.0. The number of carbonyl (C=O) groups is 1. The minimum atomic E-state index is -4.64. The van der Waals surface area contributed by atoms with Gasteiger partial charge in [0.1, 0.15) is 11.6 Å². The molecule has 1 amide bonds. The molecule has 3 aromatic rings. The molecule has 0 fully saturated rings. The van der Waals surface area contributed by atoms with Crippen LogP contribution >= 0.6 is 0 Å². The molecule has 2 aromatic carbocycles. The fourth-order valence-corrected chi connectivity index (χ4v) is 2.54. The number of hydrogen-bond acceptors (Lipinski definition) is 3. The summed E-state index contributed by atoms with van der Waals surface area (Å²) in [6.07, 6.45) is -3.71. The van der Waals surface area contributed by atoms with Crippen LogP contribution in [0, 0.1) is 11.3 Å². The van der Waals surface area contributed by atoms with E-state index in [-0.39, 0.29) is 27.7 Å². The van der Waals surface area contributed by atoms with Crippen LogP contribution in [0.1, 0.15) is 21.5 Å². The van der Waals surface area contributed by atoms with E-state index in [1.807, 2.05) is 6.07 Å². The molecule has 5 nitrogen and oxygen atoms in total. The highest BCUT2D eigenvalue weighted by atomic mass is 19.4. The summed E-state index contributed by atoms with van der Waals surface area (Å²) in [4.78, 5) is 27.2. The lowest BCUT2D eigenvalue weighted by atomic mass is 10.1. The molecule has 1 aromatic heterocycles. The number of benzene rings is 2. The molecular formula is C18H10F3N3O2. The number of amides is 1. The van der Waals surface area contributed by atoms with Crippen LogP contribution in [0.25, 0.3) is 10.9 Å². The zero-order chi connectivity index (χ0) is 18.9. The summed E-state index contributed by atoms with van der Waals surface area (Å²) in [5.74, 6) is -0.826. The molecule has 0 saturated heterocycles. The number of halogens is 3. The van der Waals surface area contributed by atoms with Crippen molar-refractivity contribution in [2.45, 2.75) is 6.18 Å². The number of nitriles is 1. The molecule has 0 atom stereocenters. The normalized spacial score (nSPS) is 11.2. The fourth-order valence-electron chi connectivity index (χ4n) is 2.54.